The van der Waals surface area contributed by atoms with Crippen molar-refractivity contribution in [2.24, 2.45) is 5.73 Å². The number of nitrogens with two attached hydrogens (primary N) is 1. The summed E-state index contributed by atoms with van der Waals surface area (Å²) in [5.41, 5.74) is 5.74. The highest BCUT2D eigenvalue weighted by Crippen LogP contribution is 2.43. The van der Waals surface area contributed by atoms with Crippen LogP contribution in [0.15, 0.2) is 40.9 Å². The van der Waals surface area contributed by atoms with E-state index in [0.29, 0.717) is 30.0 Å². The van der Waals surface area contributed by atoms with Gasteiger partial charge < -0.3 is 10.5 Å². The minimum Gasteiger partial charge on any atom is -0.400 e. The van der Waals surface area contributed by atoms with Crippen LogP contribution in [-0.2, 0) is 10.9 Å². The Morgan fingerprint density at radius 3 is 2.83 bits per heavy atom. The van der Waals surface area contributed by atoms with Crippen molar-refractivity contribution >= 4 is 32.3 Å². The van der Waals surface area contributed by atoms with Gasteiger partial charge in [-0.3, -0.25) is 5.41 Å². The van der Waals surface area contributed by atoms with Crippen molar-refractivity contribution < 1.29 is 17.9 Å². The van der Waals surface area contributed by atoms with Crippen LogP contribution in [0.4, 0.5) is 13.2 Å². The number of ether oxygens (including phenoxy) is 1. The molecule has 1 aliphatic rings. The first-order valence-corrected chi connectivity index (χ1v) is 8.89. The fourth-order valence-corrected chi connectivity index (χ4v) is 4.12. The predicted molar refractivity (Wildman–Crippen MR) is 93.6 cm³/mol. The zero-order valence-corrected chi connectivity index (χ0v) is 15.4. The first kappa shape index (κ1) is 19.3. The van der Waals surface area contributed by atoms with E-state index in [4.69, 9.17) is 15.9 Å². The van der Waals surface area contributed by atoms with Crippen molar-refractivity contribution in [1.29, 1.82) is 5.41 Å². The van der Waals surface area contributed by atoms with Crippen LogP contribution in [0.5, 0.6) is 0 Å². The van der Waals surface area contributed by atoms with Crippen molar-refractivity contribution in [2.45, 2.75) is 41.7 Å². The summed E-state index contributed by atoms with van der Waals surface area (Å²) in [5, 5.41) is 7.40. The van der Waals surface area contributed by atoms with Gasteiger partial charge in [0, 0.05) is 21.9 Å². The number of hydrogen-bond donors (Lipinski definition) is 2. The average Bonchev–Trinajstić information content (AvgIpc) is 2.45. The Morgan fingerprint density at radius 1 is 1.50 bits per heavy atom. The molecule has 132 valence electrons. The van der Waals surface area contributed by atoms with E-state index in [0.717, 1.165) is 6.07 Å². The molecule has 2 rings (SSSR count). The molecule has 0 spiro atoms. The fourth-order valence-electron chi connectivity index (χ4n) is 2.54. The predicted octanol–water partition coefficient (Wildman–Crippen LogP) is 4.95. The van der Waals surface area contributed by atoms with Gasteiger partial charge in [-0.05, 0) is 60.0 Å². The maximum Gasteiger partial charge on any atom is 0.416 e. The van der Waals surface area contributed by atoms with E-state index in [1.807, 2.05) is 6.92 Å². The summed E-state index contributed by atoms with van der Waals surface area (Å²) >= 11 is 4.42. The normalized spacial score (nSPS) is 25.5. The Bertz CT molecular complexity index is 650. The van der Waals surface area contributed by atoms with Gasteiger partial charge in [0.2, 0.25) is 0 Å². The second kappa shape index (κ2) is 7.49. The van der Waals surface area contributed by atoms with E-state index in [9.17, 15) is 13.2 Å². The summed E-state index contributed by atoms with van der Waals surface area (Å²) in [6.07, 6.45) is -1.94. The Hall–Kier alpha value is -0.990. The van der Waals surface area contributed by atoms with Crippen LogP contribution in [0.25, 0.3) is 0 Å². The molecule has 1 saturated heterocycles. The van der Waals surface area contributed by atoms with E-state index in [-0.39, 0.29) is 15.5 Å². The van der Waals surface area contributed by atoms with Crippen molar-refractivity contribution in [3.63, 3.8) is 0 Å². The molecule has 0 bridgehead atoms. The maximum atomic E-state index is 12.9. The molecule has 1 aliphatic heterocycles. The Morgan fingerprint density at radius 2 is 2.21 bits per heavy atom. The van der Waals surface area contributed by atoms with Crippen molar-refractivity contribution in [1.82, 2.24) is 0 Å². The van der Waals surface area contributed by atoms with Gasteiger partial charge in [0.1, 0.15) is 0 Å². The van der Waals surface area contributed by atoms with Gasteiger partial charge in [0.25, 0.3) is 0 Å². The topological polar surface area (TPSA) is 59.1 Å². The molecule has 1 heterocycles. The molecule has 3 N–H and O–H groups in total. The van der Waals surface area contributed by atoms with Gasteiger partial charge in [0.15, 0.2) is 0 Å². The van der Waals surface area contributed by atoms with Crippen LogP contribution in [0, 0.1) is 5.41 Å². The van der Waals surface area contributed by atoms with Gasteiger partial charge >= 0.3 is 6.18 Å². The third-order valence-corrected chi connectivity index (χ3v) is 5.34. The fraction of sp³-hybridized carbons (Fsp3) is 0.438. The number of halogens is 4. The van der Waals surface area contributed by atoms with E-state index in [2.05, 4.69) is 15.9 Å². The number of rotatable bonds is 4. The molecule has 0 amide bonds. The van der Waals surface area contributed by atoms with Crippen LogP contribution >= 0.6 is 27.7 Å². The maximum absolute atomic E-state index is 12.9. The van der Waals surface area contributed by atoms with Gasteiger partial charge in [-0.2, -0.15) is 13.2 Å². The van der Waals surface area contributed by atoms with Gasteiger partial charge in [0.05, 0.1) is 16.3 Å². The zero-order chi connectivity index (χ0) is 18.0. The smallest absolute Gasteiger partial charge is 0.400 e. The molecule has 2 unspecified atom stereocenters. The highest BCUT2D eigenvalue weighted by molar-refractivity contribution is 9.18. The monoisotopic (exact) mass is 422 g/mol. The number of hydrogen-bond acceptors (Lipinski definition) is 4. The quantitative estimate of drug-likeness (QED) is 0.674. The molecule has 0 aliphatic carbocycles. The van der Waals surface area contributed by atoms with Gasteiger partial charge in [-0.25, -0.2) is 0 Å². The van der Waals surface area contributed by atoms with Crippen LogP contribution in [0.1, 0.15) is 25.3 Å². The first-order valence-electron chi connectivity index (χ1n) is 7.28. The van der Waals surface area contributed by atoms with Crippen LogP contribution in [0.2, 0.25) is 0 Å². The number of benzene rings is 1. The highest BCUT2D eigenvalue weighted by Gasteiger charge is 2.36. The third-order valence-electron chi connectivity index (χ3n) is 3.76. The van der Waals surface area contributed by atoms with Gasteiger partial charge in [-0.15, -0.1) is 11.8 Å². The third kappa shape index (κ3) is 5.26. The molecule has 8 heteroatoms. The lowest BCUT2D eigenvalue weighted by atomic mass is 9.95. The SMILES string of the molecule is CC1(Sc2cccc(C(F)(F)F)c2)CCOC(/C(N)=C/C(=N)Br)C1. The molecule has 0 saturated carbocycles. The number of allylic oxidation sites excluding steroid dienone is 1. The highest BCUT2D eigenvalue weighted by atomic mass is 79.9. The molecule has 3 nitrogen and oxygen atoms in total. The van der Waals surface area contributed by atoms with E-state index >= 15 is 0 Å². The summed E-state index contributed by atoms with van der Waals surface area (Å²) in [5.74, 6) is 0. The van der Waals surface area contributed by atoms with E-state index < -0.39 is 11.7 Å². The Balaban J connectivity index is 2.15. The summed E-state index contributed by atoms with van der Waals surface area (Å²) in [6.45, 7) is 2.47. The second-order valence-electron chi connectivity index (χ2n) is 5.88. The van der Waals surface area contributed by atoms with Crippen molar-refractivity contribution in [2.75, 3.05) is 6.61 Å². The Labute approximate surface area is 151 Å². The standard InChI is InChI=1S/C16H18BrF3N2OS/c1-15(5-6-23-13(9-15)12(21)8-14(17)22)24-11-4-2-3-10(7-11)16(18,19)20/h2-4,7-8,13,22H,5-6,9,21H2,1H3/b12-8-,22-14?. The zero-order valence-electron chi connectivity index (χ0n) is 13.0. The molecule has 0 aromatic heterocycles. The van der Waals surface area contributed by atoms with Crippen molar-refractivity contribution in [3.05, 3.63) is 41.6 Å². The largest absolute Gasteiger partial charge is 0.416 e. The molecule has 1 fully saturated rings. The Kier molecular flexibility index (Phi) is 6.04. The molecule has 24 heavy (non-hydrogen) atoms. The van der Waals surface area contributed by atoms with Gasteiger partial charge in [-0.1, -0.05) is 6.07 Å². The number of thioether (sulfide) groups is 1. The lowest BCUT2D eigenvalue weighted by Crippen LogP contribution is -2.38. The minimum atomic E-state index is -4.35. The van der Waals surface area contributed by atoms with Crippen LogP contribution in [0.3, 0.4) is 0 Å². The minimum absolute atomic E-state index is 0.154. The van der Waals surface area contributed by atoms with Crippen LogP contribution in [-0.4, -0.2) is 22.1 Å². The average molecular weight is 423 g/mol. The number of alkyl halides is 3. The summed E-state index contributed by atoms with van der Waals surface area (Å²) in [4.78, 5) is 0.573. The van der Waals surface area contributed by atoms with Crippen LogP contribution < -0.4 is 5.73 Å². The molecule has 2 atom stereocenters. The number of nitrogens with one attached hydrogen (secondary N) is 1. The van der Waals surface area contributed by atoms with Crippen molar-refractivity contribution in [3.8, 4) is 0 Å². The molecule has 1 aromatic rings. The molecule has 0 radical (unpaired) electrons. The molecule has 1 aromatic carbocycles. The second-order valence-corrected chi connectivity index (χ2v) is 8.40. The molecular weight excluding hydrogens is 405 g/mol. The van der Waals surface area contributed by atoms with E-state index in [1.165, 1.54) is 30.0 Å². The summed E-state index contributed by atoms with van der Waals surface area (Å²) < 4.78 is 44.1. The lowest BCUT2D eigenvalue weighted by Gasteiger charge is -2.38. The molecular formula is C16H18BrF3N2OS. The summed E-state index contributed by atoms with van der Waals surface area (Å²) in [7, 11) is 0. The lowest BCUT2D eigenvalue weighted by molar-refractivity contribution is -0.137. The summed E-state index contributed by atoms with van der Waals surface area (Å²) in [6, 6.07) is 5.35. The first-order chi connectivity index (χ1) is 11.1. The van der Waals surface area contributed by atoms with E-state index in [1.54, 1.807) is 6.07 Å².